The Morgan fingerprint density at radius 2 is 2.00 bits per heavy atom. The Morgan fingerprint density at radius 1 is 1.30 bits per heavy atom. The Labute approximate surface area is 117 Å². The van der Waals surface area contributed by atoms with Crippen molar-refractivity contribution in [1.82, 2.24) is 20.1 Å². The summed E-state index contributed by atoms with van der Waals surface area (Å²) in [6.07, 6.45) is 1.53. The van der Waals surface area contributed by atoms with Gasteiger partial charge in [-0.1, -0.05) is 0 Å². The summed E-state index contributed by atoms with van der Waals surface area (Å²) in [5.41, 5.74) is 0.820. The Hall–Kier alpha value is -1.66. The summed E-state index contributed by atoms with van der Waals surface area (Å²) >= 11 is 0. The van der Waals surface area contributed by atoms with E-state index in [4.69, 9.17) is 0 Å². The molecule has 1 aromatic heterocycles. The van der Waals surface area contributed by atoms with Crippen molar-refractivity contribution in [3.05, 3.63) is 33.7 Å². The minimum Gasteiger partial charge on any atom is -0.364 e. The van der Waals surface area contributed by atoms with Crippen LogP contribution in [0.1, 0.15) is 16.1 Å². The average Bonchev–Trinajstić information content (AvgIpc) is 2.38. The molecule has 0 aromatic carbocycles. The van der Waals surface area contributed by atoms with Crippen LogP contribution in [0.2, 0.25) is 0 Å². The molecule has 2 aliphatic rings. The predicted octanol–water partition coefficient (Wildman–Crippen LogP) is -0.587. The van der Waals surface area contributed by atoms with Crippen molar-refractivity contribution >= 4 is 5.91 Å². The number of nitrogens with one attached hydrogen (secondary N) is 2. The van der Waals surface area contributed by atoms with Crippen LogP contribution < -0.4 is 10.7 Å². The fraction of sp³-hybridized carbons (Fsp3) is 0.571. The third-order valence-corrected chi connectivity index (χ3v) is 4.11. The summed E-state index contributed by atoms with van der Waals surface area (Å²) in [6, 6.07) is 1.92. The lowest BCUT2D eigenvalue weighted by Gasteiger charge is -2.46. The van der Waals surface area contributed by atoms with Gasteiger partial charge in [0.05, 0.1) is 0 Å². The van der Waals surface area contributed by atoms with Gasteiger partial charge in [-0.05, 0) is 6.92 Å². The number of pyridine rings is 1. The van der Waals surface area contributed by atoms with Crippen LogP contribution in [0.5, 0.6) is 0 Å². The third-order valence-electron chi connectivity index (χ3n) is 4.11. The first kappa shape index (κ1) is 13.3. The van der Waals surface area contributed by atoms with Gasteiger partial charge in [-0.2, -0.15) is 0 Å². The third kappa shape index (κ3) is 2.48. The summed E-state index contributed by atoms with van der Waals surface area (Å²) in [7, 11) is 0. The van der Waals surface area contributed by atoms with Gasteiger partial charge in [0.1, 0.15) is 5.56 Å². The number of amides is 1. The molecule has 20 heavy (non-hydrogen) atoms. The van der Waals surface area contributed by atoms with Crippen molar-refractivity contribution in [3.8, 4) is 0 Å². The van der Waals surface area contributed by atoms with Crippen molar-refractivity contribution in [2.24, 2.45) is 0 Å². The van der Waals surface area contributed by atoms with E-state index in [1.165, 1.54) is 12.3 Å². The van der Waals surface area contributed by atoms with Crippen LogP contribution in [0.3, 0.4) is 0 Å². The second-order valence-corrected chi connectivity index (χ2v) is 5.54. The topological polar surface area (TPSA) is 68.4 Å². The molecule has 0 saturated carbocycles. The first-order chi connectivity index (χ1) is 9.65. The number of hydrogen-bond donors (Lipinski definition) is 2. The van der Waals surface area contributed by atoms with E-state index in [-0.39, 0.29) is 16.9 Å². The van der Waals surface area contributed by atoms with Gasteiger partial charge < -0.3 is 15.2 Å². The summed E-state index contributed by atoms with van der Waals surface area (Å²) in [5.74, 6) is -0.155. The standard InChI is InChI=1S/C14H20N4O2/c1-10-6-13(19)12(7-16-10)14(20)18-8-11(9-18)17-4-2-15-3-5-17/h6-7,11,15H,2-5,8-9H2,1H3,(H,16,19). The van der Waals surface area contributed by atoms with Crippen LogP contribution in [-0.2, 0) is 0 Å². The maximum absolute atomic E-state index is 12.3. The number of piperazine rings is 1. The number of likely N-dealkylation sites (tertiary alicyclic amines) is 1. The molecule has 0 bridgehead atoms. The zero-order valence-corrected chi connectivity index (χ0v) is 11.7. The van der Waals surface area contributed by atoms with Gasteiger partial charge in [-0.15, -0.1) is 0 Å². The highest BCUT2D eigenvalue weighted by molar-refractivity contribution is 5.94. The Bertz CT molecular complexity index is 557. The van der Waals surface area contributed by atoms with Crippen LogP contribution in [0, 0.1) is 6.92 Å². The van der Waals surface area contributed by atoms with Crippen LogP contribution in [0.4, 0.5) is 0 Å². The van der Waals surface area contributed by atoms with E-state index in [0.29, 0.717) is 6.04 Å². The SMILES string of the molecule is Cc1cc(=O)c(C(=O)N2CC(N3CCNCC3)C2)c[nH]1. The summed E-state index contributed by atoms with van der Waals surface area (Å²) in [4.78, 5) is 31.2. The molecule has 0 unspecified atom stereocenters. The molecule has 108 valence electrons. The minimum absolute atomic E-state index is 0.155. The highest BCUT2D eigenvalue weighted by atomic mass is 16.2. The van der Waals surface area contributed by atoms with Crippen LogP contribution in [0.25, 0.3) is 0 Å². The maximum atomic E-state index is 12.3. The van der Waals surface area contributed by atoms with E-state index in [1.807, 2.05) is 0 Å². The maximum Gasteiger partial charge on any atom is 0.259 e. The highest BCUT2D eigenvalue weighted by Gasteiger charge is 2.36. The number of hydrogen-bond acceptors (Lipinski definition) is 4. The predicted molar refractivity (Wildman–Crippen MR) is 75.9 cm³/mol. The zero-order chi connectivity index (χ0) is 14.1. The van der Waals surface area contributed by atoms with Crippen LogP contribution >= 0.6 is 0 Å². The van der Waals surface area contributed by atoms with Gasteiger partial charge >= 0.3 is 0 Å². The molecule has 0 aliphatic carbocycles. The number of carbonyl (C=O) groups excluding carboxylic acids is 1. The van der Waals surface area contributed by atoms with E-state index in [9.17, 15) is 9.59 Å². The molecule has 3 heterocycles. The Kier molecular flexibility index (Phi) is 3.58. The van der Waals surface area contributed by atoms with Gasteiger partial charge in [-0.25, -0.2) is 0 Å². The zero-order valence-electron chi connectivity index (χ0n) is 11.7. The second-order valence-electron chi connectivity index (χ2n) is 5.54. The molecule has 2 saturated heterocycles. The monoisotopic (exact) mass is 276 g/mol. The molecular weight excluding hydrogens is 256 g/mol. The van der Waals surface area contributed by atoms with E-state index in [2.05, 4.69) is 15.2 Å². The molecule has 2 aliphatic heterocycles. The van der Waals surface area contributed by atoms with Crippen molar-refractivity contribution in [3.63, 3.8) is 0 Å². The largest absolute Gasteiger partial charge is 0.364 e. The molecule has 2 N–H and O–H groups in total. The van der Waals surface area contributed by atoms with Crippen LogP contribution in [0.15, 0.2) is 17.1 Å². The molecule has 6 heteroatoms. The van der Waals surface area contributed by atoms with Crippen LogP contribution in [-0.4, -0.2) is 66.0 Å². The van der Waals surface area contributed by atoms with Crippen molar-refractivity contribution in [2.75, 3.05) is 39.3 Å². The second kappa shape index (κ2) is 5.38. The lowest BCUT2D eigenvalue weighted by atomic mass is 10.0. The summed E-state index contributed by atoms with van der Waals surface area (Å²) in [5, 5.41) is 3.32. The smallest absolute Gasteiger partial charge is 0.259 e. The molecule has 2 fully saturated rings. The van der Waals surface area contributed by atoms with Gasteiger partial charge in [0.25, 0.3) is 5.91 Å². The number of nitrogens with zero attached hydrogens (tertiary/aromatic N) is 2. The molecule has 6 nitrogen and oxygen atoms in total. The van der Waals surface area contributed by atoms with Crippen molar-refractivity contribution < 1.29 is 4.79 Å². The lowest BCUT2D eigenvalue weighted by molar-refractivity contribution is 0.0226. The number of aromatic amines is 1. The minimum atomic E-state index is -0.197. The van der Waals surface area contributed by atoms with Gasteiger partial charge in [0.15, 0.2) is 5.43 Å². The van der Waals surface area contributed by atoms with E-state index in [0.717, 1.165) is 45.0 Å². The number of H-pyrrole nitrogens is 1. The van der Waals surface area contributed by atoms with Gasteiger partial charge in [0, 0.05) is 63.3 Å². The van der Waals surface area contributed by atoms with Gasteiger partial charge in [0.2, 0.25) is 0 Å². The lowest BCUT2D eigenvalue weighted by Crippen LogP contribution is -2.64. The van der Waals surface area contributed by atoms with E-state index in [1.54, 1.807) is 11.8 Å². The number of carbonyl (C=O) groups is 1. The molecule has 0 spiro atoms. The highest BCUT2D eigenvalue weighted by Crippen LogP contribution is 2.17. The molecule has 0 radical (unpaired) electrons. The van der Waals surface area contributed by atoms with Crippen molar-refractivity contribution in [1.29, 1.82) is 0 Å². The number of rotatable bonds is 2. The summed E-state index contributed by atoms with van der Waals surface area (Å²) in [6.45, 7) is 7.37. The fourth-order valence-corrected chi connectivity index (χ4v) is 2.81. The molecule has 1 aromatic rings. The number of aryl methyl sites for hydroxylation is 1. The van der Waals surface area contributed by atoms with E-state index >= 15 is 0 Å². The Balaban J connectivity index is 1.61. The fourth-order valence-electron chi connectivity index (χ4n) is 2.81. The first-order valence-corrected chi connectivity index (χ1v) is 7.08. The molecule has 0 atom stereocenters. The number of aromatic nitrogens is 1. The quantitative estimate of drug-likeness (QED) is 0.758. The summed E-state index contributed by atoms with van der Waals surface area (Å²) < 4.78 is 0. The molecule has 3 rings (SSSR count). The Morgan fingerprint density at radius 3 is 2.65 bits per heavy atom. The molecular formula is C14H20N4O2. The molecule has 1 amide bonds. The van der Waals surface area contributed by atoms with E-state index < -0.39 is 0 Å². The average molecular weight is 276 g/mol. The first-order valence-electron chi connectivity index (χ1n) is 7.08. The normalized spacial score (nSPS) is 20.8. The van der Waals surface area contributed by atoms with Crippen molar-refractivity contribution in [2.45, 2.75) is 13.0 Å². The van der Waals surface area contributed by atoms with Gasteiger partial charge in [-0.3, -0.25) is 14.5 Å².